The lowest BCUT2D eigenvalue weighted by Crippen LogP contribution is -2.46. The lowest BCUT2D eigenvalue weighted by Gasteiger charge is -2.16. The summed E-state index contributed by atoms with van der Waals surface area (Å²) in [5, 5.41) is 3.05. The van der Waals surface area contributed by atoms with Gasteiger partial charge in [0.1, 0.15) is 0 Å². The summed E-state index contributed by atoms with van der Waals surface area (Å²) >= 11 is 0. The van der Waals surface area contributed by atoms with Crippen molar-refractivity contribution >= 4 is 18.3 Å². The molecule has 1 amide bonds. The van der Waals surface area contributed by atoms with E-state index in [2.05, 4.69) is 33.0 Å². The number of amides is 1. The third kappa shape index (κ3) is 2.35. The van der Waals surface area contributed by atoms with Gasteiger partial charge in [-0.15, -0.1) is 12.4 Å². The van der Waals surface area contributed by atoms with Gasteiger partial charge in [0.15, 0.2) is 0 Å². The van der Waals surface area contributed by atoms with Crippen molar-refractivity contribution < 1.29 is 4.79 Å². The molecule has 0 saturated heterocycles. The van der Waals surface area contributed by atoms with Crippen LogP contribution < -0.4 is 11.1 Å². The Morgan fingerprint density at radius 2 is 1.56 bits per heavy atom. The molecule has 0 aromatic heterocycles. The number of nitrogens with one attached hydrogen (secondary N) is 1. The van der Waals surface area contributed by atoms with Crippen molar-refractivity contribution in [2.45, 2.75) is 53.6 Å². The van der Waals surface area contributed by atoms with Gasteiger partial charge in [0.2, 0.25) is 5.91 Å². The lowest BCUT2D eigenvalue weighted by atomic mass is 10.0. The second-order valence-corrected chi connectivity index (χ2v) is 6.15. The number of hydrogen-bond acceptors (Lipinski definition) is 2. The fraction of sp³-hybridized carbons (Fsp3) is 0.917. The number of halogens is 1. The molecular formula is C12H25ClN2O. The lowest BCUT2D eigenvalue weighted by molar-refractivity contribution is -0.123. The summed E-state index contributed by atoms with van der Waals surface area (Å²) in [5.41, 5.74) is 6.16. The van der Waals surface area contributed by atoms with Gasteiger partial charge in [0.05, 0.1) is 6.04 Å². The van der Waals surface area contributed by atoms with Crippen LogP contribution in [0.4, 0.5) is 0 Å². The molecule has 16 heavy (non-hydrogen) atoms. The first-order valence-corrected chi connectivity index (χ1v) is 5.68. The van der Waals surface area contributed by atoms with Crippen LogP contribution in [0, 0.1) is 16.7 Å². The zero-order valence-corrected chi connectivity index (χ0v) is 11.9. The minimum Gasteiger partial charge on any atom is -0.351 e. The molecule has 0 aromatic rings. The Kier molecular flexibility index (Phi) is 4.46. The number of nitrogens with two attached hydrogens (primary N) is 1. The fourth-order valence-corrected chi connectivity index (χ4v) is 2.10. The van der Waals surface area contributed by atoms with Crippen molar-refractivity contribution in [3.63, 3.8) is 0 Å². The molecule has 1 aliphatic rings. The van der Waals surface area contributed by atoms with Gasteiger partial charge in [-0.05, 0) is 16.7 Å². The Bertz CT molecular complexity index is 260. The van der Waals surface area contributed by atoms with Crippen LogP contribution in [0.15, 0.2) is 0 Å². The molecule has 1 fully saturated rings. The molecule has 0 spiro atoms. The van der Waals surface area contributed by atoms with Gasteiger partial charge in [-0.2, -0.15) is 0 Å². The summed E-state index contributed by atoms with van der Waals surface area (Å²) in [6, 6.07) is -0.139. The van der Waals surface area contributed by atoms with Crippen LogP contribution in [0.3, 0.4) is 0 Å². The summed E-state index contributed by atoms with van der Waals surface area (Å²) < 4.78 is 0. The van der Waals surface area contributed by atoms with Gasteiger partial charge in [-0.3, -0.25) is 4.79 Å². The smallest absolute Gasteiger partial charge is 0.237 e. The Morgan fingerprint density at radius 3 is 1.81 bits per heavy atom. The van der Waals surface area contributed by atoms with Gasteiger partial charge in [0.25, 0.3) is 0 Å². The summed E-state index contributed by atoms with van der Waals surface area (Å²) in [4.78, 5) is 11.8. The van der Waals surface area contributed by atoms with Crippen LogP contribution >= 0.6 is 12.4 Å². The van der Waals surface area contributed by atoms with Crippen molar-refractivity contribution in [1.29, 1.82) is 0 Å². The predicted octanol–water partition coefficient (Wildman–Crippen LogP) is 1.94. The first-order chi connectivity index (χ1) is 6.62. The van der Waals surface area contributed by atoms with Crippen LogP contribution in [0.2, 0.25) is 0 Å². The van der Waals surface area contributed by atoms with E-state index < -0.39 is 6.04 Å². The number of carbonyl (C=O) groups excluding carboxylic acids is 1. The second kappa shape index (κ2) is 4.53. The van der Waals surface area contributed by atoms with E-state index in [9.17, 15) is 4.79 Å². The molecule has 0 bridgehead atoms. The third-order valence-corrected chi connectivity index (χ3v) is 4.33. The molecule has 4 heteroatoms. The van der Waals surface area contributed by atoms with E-state index in [1.54, 1.807) is 0 Å². The first kappa shape index (κ1) is 15.7. The Morgan fingerprint density at radius 1 is 1.19 bits per heavy atom. The zero-order chi connectivity index (χ0) is 12.0. The molecule has 1 rings (SSSR count). The SMILES string of the molecule is CC(C)C(N)C(=O)NC1C(C)(C)C1(C)C.Cl. The van der Waals surface area contributed by atoms with E-state index in [-0.39, 0.29) is 41.1 Å². The average Bonchev–Trinajstić information content (AvgIpc) is 2.46. The summed E-state index contributed by atoms with van der Waals surface area (Å²) in [6.07, 6.45) is 0. The molecule has 0 radical (unpaired) electrons. The molecule has 1 aliphatic carbocycles. The van der Waals surface area contributed by atoms with E-state index >= 15 is 0 Å². The Hall–Kier alpha value is -0.280. The van der Waals surface area contributed by atoms with Gasteiger partial charge < -0.3 is 11.1 Å². The predicted molar refractivity (Wildman–Crippen MR) is 69.6 cm³/mol. The van der Waals surface area contributed by atoms with Gasteiger partial charge in [-0.25, -0.2) is 0 Å². The van der Waals surface area contributed by atoms with Crippen molar-refractivity contribution in [3.05, 3.63) is 0 Å². The van der Waals surface area contributed by atoms with E-state index in [0.717, 1.165) is 0 Å². The first-order valence-electron chi connectivity index (χ1n) is 5.68. The Balaban J connectivity index is 0.00000225. The average molecular weight is 249 g/mol. The highest BCUT2D eigenvalue weighted by Crippen LogP contribution is 2.62. The zero-order valence-electron chi connectivity index (χ0n) is 11.1. The van der Waals surface area contributed by atoms with Gasteiger partial charge >= 0.3 is 0 Å². The summed E-state index contributed by atoms with van der Waals surface area (Å²) in [6.45, 7) is 12.6. The highest BCUT2D eigenvalue weighted by molar-refractivity contribution is 5.85. The van der Waals surface area contributed by atoms with E-state index in [1.807, 2.05) is 13.8 Å². The molecule has 1 saturated carbocycles. The van der Waals surface area contributed by atoms with Crippen LogP contribution in [0.25, 0.3) is 0 Å². The molecule has 0 aromatic carbocycles. The van der Waals surface area contributed by atoms with Crippen LogP contribution in [0.5, 0.6) is 0 Å². The van der Waals surface area contributed by atoms with Gasteiger partial charge in [-0.1, -0.05) is 41.5 Å². The normalized spacial score (nSPS) is 23.5. The monoisotopic (exact) mass is 248 g/mol. The van der Waals surface area contributed by atoms with Crippen molar-refractivity contribution in [1.82, 2.24) is 5.32 Å². The minimum absolute atomic E-state index is 0. The fourth-order valence-electron chi connectivity index (χ4n) is 2.10. The third-order valence-electron chi connectivity index (χ3n) is 4.33. The number of carbonyl (C=O) groups is 1. The van der Waals surface area contributed by atoms with Crippen molar-refractivity contribution in [2.75, 3.05) is 0 Å². The molecule has 1 atom stereocenters. The molecular weight excluding hydrogens is 224 g/mol. The van der Waals surface area contributed by atoms with Crippen LogP contribution in [0.1, 0.15) is 41.5 Å². The number of hydrogen-bond donors (Lipinski definition) is 2. The van der Waals surface area contributed by atoms with E-state index in [0.29, 0.717) is 0 Å². The highest BCUT2D eigenvalue weighted by Gasteiger charge is 2.65. The summed E-state index contributed by atoms with van der Waals surface area (Å²) in [7, 11) is 0. The van der Waals surface area contributed by atoms with Crippen LogP contribution in [-0.2, 0) is 4.79 Å². The molecule has 3 N–H and O–H groups in total. The molecule has 3 nitrogen and oxygen atoms in total. The van der Waals surface area contributed by atoms with E-state index in [4.69, 9.17) is 5.73 Å². The van der Waals surface area contributed by atoms with E-state index in [1.165, 1.54) is 0 Å². The van der Waals surface area contributed by atoms with Gasteiger partial charge in [0, 0.05) is 6.04 Å². The standard InChI is InChI=1S/C12H24N2O.ClH/c1-7(2)8(13)9(15)14-10-11(3,4)12(10,5)6;/h7-8,10H,13H2,1-6H3,(H,14,15);1H. The second-order valence-electron chi connectivity index (χ2n) is 6.15. The van der Waals surface area contributed by atoms with Crippen molar-refractivity contribution in [3.8, 4) is 0 Å². The highest BCUT2D eigenvalue weighted by atomic mass is 35.5. The number of rotatable bonds is 3. The van der Waals surface area contributed by atoms with Crippen LogP contribution in [-0.4, -0.2) is 18.0 Å². The molecule has 96 valence electrons. The maximum atomic E-state index is 11.8. The minimum atomic E-state index is -0.391. The largest absolute Gasteiger partial charge is 0.351 e. The topological polar surface area (TPSA) is 55.1 Å². The maximum Gasteiger partial charge on any atom is 0.237 e. The quantitative estimate of drug-likeness (QED) is 0.802. The molecule has 1 unspecified atom stereocenters. The van der Waals surface area contributed by atoms with Crippen molar-refractivity contribution in [2.24, 2.45) is 22.5 Å². The molecule has 0 aliphatic heterocycles. The molecule has 0 heterocycles. The maximum absolute atomic E-state index is 11.8. The Labute approximate surface area is 105 Å². The summed E-state index contributed by atoms with van der Waals surface area (Å²) in [5.74, 6) is 0.170.